The third-order valence-corrected chi connectivity index (χ3v) is 8.61. The molecule has 0 radical (unpaired) electrons. The zero-order valence-electron chi connectivity index (χ0n) is 31.6. The number of esters is 4. The average molecular weight is 787 g/mol. The summed E-state index contributed by atoms with van der Waals surface area (Å²) in [6.07, 6.45) is -2.96. The maximum Gasteiger partial charge on any atom is 0.387 e. The van der Waals surface area contributed by atoms with Crippen LogP contribution in [-0.2, 0) is 54.9 Å². The molecule has 6 atom stereocenters. The third kappa shape index (κ3) is 11.1. The van der Waals surface area contributed by atoms with E-state index in [9.17, 15) is 33.1 Å². The normalized spacial score (nSPS) is 21.4. The molecule has 1 aromatic carbocycles. The molecule has 0 amide bonds. The highest BCUT2D eigenvalue weighted by molar-refractivity contribution is 5.77. The van der Waals surface area contributed by atoms with E-state index in [0.717, 1.165) is 39.2 Å². The van der Waals surface area contributed by atoms with Gasteiger partial charge in [0.05, 0.1) is 18.4 Å². The Morgan fingerprint density at radius 3 is 2.05 bits per heavy atom. The molecule has 1 N–H and O–H groups in total. The number of benzene rings is 1. The van der Waals surface area contributed by atoms with Gasteiger partial charge in [0.25, 0.3) is 0 Å². The molecule has 1 aliphatic carbocycles. The van der Waals surface area contributed by atoms with E-state index in [1.165, 1.54) is 18.3 Å². The number of alkyl halides is 2. The summed E-state index contributed by atoms with van der Waals surface area (Å²) in [6.45, 7) is 4.92. The molecule has 3 heterocycles. The van der Waals surface area contributed by atoms with Gasteiger partial charge in [-0.1, -0.05) is 18.2 Å². The summed E-state index contributed by atoms with van der Waals surface area (Å²) in [5.74, 6) is -3.83. The average Bonchev–Trinajstić information content (AvgIpc) is 3.94. The van der Waals surface area contributed by atoms with Crippen LogP contribution in [0.5, 0.6) is 17.4 Å². The lowest BCUT2D eigenvalue weighted by Crippen LogP contribution is -2.64. The van der Waals surface area contributed by atoms with Crippen LogP contribution in [0.1, 0.15) is 82.7 Å². The summed E-state index contributed by atoms with van der Waals surface area (Å²) in [6, 6.07) is 11.5. The highest BCUT2D eigenvalue weighted by atomic mass is 19.3. The first-order valence-electron chi connectivity index (χ1n) is 17.9. The van der Waals surface area contributed by atoms with Gasteiger partial charge in [-0.25, -0.2) is 9.78 Å². The Kier molecular flexibility index (Phi) is 13.4. The van der Waals surface area contributed by atoms with Gasteiger partial charge in [-0.15, -0.1) is 0 Å². The lowest BCUT2D eigenvalue weighted by molar-refractivity contribution is -0.283. The summed E-state index contributed by atoms with van der Waals surface area (Å²) in [5, 5.41) is 10.5. The maximum atomic E-state index is 13.3. The zero-order valence-corrected chi connectivity index (χ0v) is 31.6. The minimum atomic E-state index is -3.05. The van der Waals surface area contributed by atoms with Crippen molar-refractivity contribution in [2.45, 2.75) is 116 Å². The van der Waals surface area contributed by atoms with Gasteiger partial charge in [-0.2, -0.15) is 8.78 Å². The molecule has 0 spiro atoms. The summed E-state index contributed by atoms with van der Waals surface area (Å²) >= 11 is 0. The van der Waals surface area contributed by atoms with E-state index >= 15 is 0 Å². The predicted octanol–water partition coefficient (Wildman–Crippen LogP) is 4.68. The Morgan fingerprint density at radius 2 is 1.50 bits per heavy atom. The Morgan fingerprint density at radius 1 is 0.839 bits per heavy atom. The standard InChI is InChI=1S/C39H44F2N2O13/c1-7-49-36(47)34-32(50-20(2)44)33(51-21(3)45)35(52-22(4)46)37(56-34)55-31-15-8-23(18-43-31)16-27(25-10-14-30(42-19-25)39(5,6)48)24-9-13-28(54-38(40)41)29(17-24)53-26-11-12-26/h8-10,13-15,17-19,26-27,32-35,37-38,48H,7,11-12,16H2,1-6H3/t27-,32-,33-,34-,35+,37+/m0/s1. The molecule has 1 aliphatic heterocycles. The fourth-order valence-corrected chi connectivity index (χ4v) is 6.03. The van der Waals surface area contributed by atoms with Gasteiger partial charge in [0, 0.05) is 45.1 Å². The smallest absolute Gasteiger partial charge is 0.387 e. The molecule has 15 nitrogen and oxygen atoms in total. The number of hydrogen-bond donors (Lipinski definition) is 1. The molecule has 2 fully saturated rings. The Balaban J connectivity index is 1.46. The van der Waals surface area contributed by atoms with E-state index in [-0.39, 0.29) is 30.1 Å². The molecule has 1 saturated heterocycles. The number of ether oxygens (including phenoxy) is 8. The lowest BCUT2D eigenvalue weighted by Gasteiger charge is -2.42. The van der Waals surface area contributed by atoms with Gasteiger partial charge < -0.3 is 43.0 Å². The third-order valence-electron chi connectivity index (χ3n) is 8.61. The first-order chi connectivity index (χ1) is 26.5. The van der Waals surface area contributed by atoms with Gasteiger partial charge in [-0.05, 0) is 74.9 Å². The SMILES string of the molecule is CCOC(=O)[C@H]1O[C@@H](Oc2ccc(C[C@H](c3ccc(C(C)(C)O)nc3)c3ccc(OC(F)F)c(OC4CC4)c3)cn2)[C@H](OC(C)=O)[C@@H](OC(C)=O)[C@@H]1OC(C)=O. The van der Waals surface area contributed by atoms with Crippen LogP contribution in [0.2, 0.25) is 0 Å². The van der Waals surface area contributed by atoms with Crippen LogP contribution < -0.4 is 14.2 Å². The van der Waals surface area contributed by atoms with Crippen molar-refractivity contribution in [2.75, 3.05) is 6.61 Å². The van der Waals surface area contributed by atoms with Crippen LogP contribution in [0, 0.1) is 0 Å². The number of aliphatic hydroxyl groups is 1. The highest BCUT2D eigenvalue weighted by Crippen LogP contribution is 2.39. The van der Waals surface area contributed by atoms with Gasteiger partial charge in [0.1, 0.15) is 5.60 Å². The van der Waals surface area contributed by atoms with E-state index in [4.69, 9.17) is 37.9 Å². The lowest BCUT2D eigenvalue weighted by atomic mass is 9.86. The molecule has 2 aromatic heterocycles. The van der Waals surface area contributed by atoms with Gasteiger partial charge >= 0.3 is 30.5 Å². The molecule has 17 heteroatoms. The molecule has 56 heavy (non-hydrogen) atoms. The van der Waals surface area contributed by atoms with Gasteiger partial charge in [0.2, 0.25) is 18.3 Å². The molecule has 302 valence electrons. The fraction of sp³-hybridized carbons (Fsp3) is 0.487. The van der Waals surface area contributed by atoms with E-state index < -0.39 is 72.7 Å². The van der Waals surface area contributed by atoms with Crippen LogP contribution in [0.3, 0.4) is 0 Å². The van der Waals surface area contributed by atoms with Gasteiger partial charge in [0.15, 0.2) is 29.8 Å². The molecular formula is C39H44F2N2O13. The summed E-state index contributed by atoms with van der Waals surface area (Å²) in [7, 11) is 0. The Bertz CT molecular complexity index is 1850. The zero-order chi connectivity index (χ0) is 40.7. The van der Waals surface area contributed by atoms with E-state index in [2.05, 4.69) is 9.97 Å². The van der Waals surface area contributed by atoms with Crippen molar-refractivity contribution in [2.24, 2.45) is 0 Å². The second-order valence-electron chi connectivity index (χ2n) is 13.7. The van der Waals surface area contributed by atoms with Crippen molar-refractivity contribution in [1.29, 1.82) is 0 Å². The molecule has 1 saturated carbocycles. The van der Waals surface area contributed by atoms with Crippen LogP contribution in [0.4, 0.5) is 8.78 Å². The number of aromatic nitrogens is 2. The second kappa shape index (κ2) is 18.0. The molecule has 2 aliphatic rings. The first-order valence-corrected chi connectivity index (χ1v) is 17.9. The topological polar surface area (TPSA) is 188 Å². The molecule has 0 unspecified atom stereocenters. The number of pyridine rings is 2. The van der Waals surface area contributed by atoms with E-state index in [0.29, 0.717) is 23.2 Å². The molecule has 0 bridgehead atoms. The number of carbonyl (C=O) groups is 4. The van der Waals surface area contributed by atoms with E-state index in [1.807, 2.05) is 6.07 Å². The van der Waals surface area contributed by atoms with Crippen LogP contribution in [0.25, 0.3) is 0 Å². The van der Waals surface area contributed by atoms with Crippen molar-refractivity contribution in [3.8, 4) is 17.4 Å². The number of rotatable bonds is 16. The van der Waals surface area contributed by atoms with Crippen LogP contribution in [0.15, 0.2) is 54.9 Å². The van der Waals surface area contributed by atoms with Crippen molar-refractivity contribution in [3.05, 3.63) is 77.2 Å². The number of carbonyl (C=O) groups excluding carboxylic acids is 4. The molecular weight excluding hydrogens is 742 g/mol. The second-order valence-corrected chi connectivity index (χ2v) is 13.7. The minimum absolute atomic E-state index is 0.0487. The predicted molar refractivity (Wildman–Crippen MR) is 189 cm³/mol. The van der Waals surface area contributed by atoms with Crippen molar-refractivity contribution >= 4 is 23.9 Å². The quantitative estimate of drug-likeness (QED) is 0.156. The monoisotopic (exact) mass is 786 g/mol. The maximum absolute atomic E-state index is 13.3. The van der Waals surface area contributed by atoms with Crippen molar-refractivity contribution in [1.82, 2.24) is 9.97 Å². The van der Waals surface area contributed by atoms with Crippen molar-refractivity contribution < 1.29 is 71.0 Å². The number of halogens is 2. The first kappa shape index (κ1) is 41.7. The summed E-state index contributed by atoms with van der Waals surface area (Å²) in [4.78, 5) is 58.4. The number of hydrogen-bond acceptors (Lipinski definition) is 15. The molecule has 5 rings (SSSR count). The minimum Gasteiger partial charge on any atom is -0.487 e. The van der Waals surface area contributed by atoms with Gasteiger partial charge in [-0.3, -0.25) is 19.4 Å². The molecule has 3 aromatic rings. The fourth-order valence-electron chi connectivity index (χ4n) is 6.03. The summed E-state index contributed by atoms with van der Waals surface area (Å²) in [5.41, 5.74) is 1.37. The van der Waals surface area contributed by atoms with E-state index in [1.54, 1.807) is 51.2 Å². The Hall–Kier alpha value is -5.42. The van der Waals surface area contributed by atoms with Crippen LogP contribution >= 0.6 is 0 Å². The van der Waals surface area contributed by atoms with Crippen molar-refractivity contribution in [3.63, 3.8) is 0 Å². The van der Waals surface area contributed by atoms with Crippen LogP contribution in [-0.4, -0.2) is 89.0 Å². The summed E-state index contributed by atoms with van der Waals surface area (Å²) < 4.78 is 70.4. The number of nitrogens with zero attached hydrogens (tertiary/aromatic N) is 2. The highest BCUT2D eigenvalue weighted by Gasteiger charge is 2.56. The Labute approximate surface area is 321 Å². The largest absolute Gasteiger partial charge is 0.487 e.